The van der Waals surface area contributed by atoms with Crippen LogP contribution in [0.15, 0.2) is 45.9 Å². The van der Waals surface area contributed by atoms with Gasteiger partial charge in [-0.25, -0.2) is 19.4 Å². The molecular weight excluding hydrogens is 432 g/mol. The van der Waals surface area contributed by atoms with Gasteiger partial charge in [0, 0.05) is 11.2 Å². The minimum atomic E-state index is -4.86. The summed E-state index contributed by atoms with van der Waals surface area (Å²) in [5.74, 6) is -0.752. The lowest BCUT2D eigenvalue weighted by Crippen LogP contribution is -2.16. The van der Waals surface area contributed by atoms with Gasteiger partial charge in [-0.2, -0.15) is 18.3 Å². The van der Waals surface area contributed by atoms with Crippen LogP contribution in [0.1, 0.15) is 11.3 Å². The molecule has 0 fully saturated rings. The molecule has 29 heavy (non-hydrogen) atoms. The summed E-state index contributed by atoms with van der Waals surface area (Å²) >= 11 is 11.9. The number of aromatic nitrogens is 4. The Kier molecular flexibility index (Phi) is 4.59. The summed E-state index contributed by atoms with van der Waals surface area (Å²) in [5, 5.41) is 4.07. The number of hydrogen-bond acceptors (Lipinski definition) is 5. The van der Waals surface area contributed by atoms with Crippen molar-refractivity contribution in [2.24, 2.45) is 0 Å². The van der Waals surface area contributed by atoms with E-state index < -0.39 is 28.9 Å². The molecule has 0 spiro atoms. The number of nitrogens with zero attached hydrogens (tertiary/aromatic N) is 4. The van der Waals surface area contributed by atoms with Gasteiger partial charge in [-0.1, -0.05) is 23.2 Å². The van der Waals surface area contributed by atoms with E-state index in [1.807, 2.05) is 0 Å². The average molecular weight is 441 g/mol. The van der Waals surface area contributed by atoms with Gasteiger partial charge in [-0.3, -0.25) is 0 Å². The molecule has 4 rings (SSSR count). The maximum atomic E-state index is 13.9. The van der Waals surface area contributed by atoms with E-state index in [1.54, 1.807) is 13.0 Å². The van der Waals surface area contributed by atoms with Crippen LogP contribution in [-0.2, 0) is 6.18 Å². The van der Waals surface area contributed by atoms with Crippen molar-refractivity contribution >= 4 is 34.1 Å². The zero-order valence-electron chi connectivity index (χ0n) is 14.5. The molecule has 1 aromatic carbocycles. The summed E-state index contributed by atoms with van der Waals surface area (Å²) in [6, 6.07) is 5.74. The molecule has 6 nitrogen and oxygen atoms in total. The zero-order valence-corrected chi connectivity index (χ0v) is 16.0. The molecule has 0 bridgehead atoms. The second kappa shape index (κ2) is 6.85. The van der Waals surface area contributed by atoms with Crippen LogP contribution in [0.3, 0.4) is 0 Å². The van der Waals surface area contributed by atoms with Gasteiger partial charge in [0.05, 0.1) is 27.7 Å². The molecule has 4 aromatic rings. The number of pyridine rings is 1. The highest BCUT2D eigenvalue weighted by Crippen LogP contribution is 2.38. The molecule has 0 unspecified atom stereocenters. The quantitative estimate of drug-likeness (QED) is 0.434. The summed E-state index contributed by atoms with van der Waals surface area (Å²) in [4.78, 5) is 20.3. The number of benzene rings is 1. The first kappa shape index (κ1) is 19.4. The molecule has 0 atom stereocenters. The lowest BCUT2D eigenvalue weighted by molar-refractivity contribution is -0.142. The number of aryl methyl sites for hydroxylation is 1. The topological polar surface area (TPSA) is 73.8 Å². The third-order valence-electron chi connectivity index (χ3n) is 4.10. The van der Waals surface area contributed by atoms with E-state index in [2.05, 4.69) is 15.1 Å². The number of halogens is 5. The molecule has 3 aromatic heterocycles. The van der Waals surface area contributed by atoms with Crippen LogP contribution in [0.25, 0.3) is 28.2 Å². The van der Waals surface area contributed by atoms with Gasteiger partial charge >= 0.3 is 11.8 Å². The molecule has 11 heteroatoms. The molecule has 0 amide bonds. The van der Waals surface area contributed by atoms with E-state index in [9.17, 15) is 18.0 Å². The Balaban J connectivity index is 2.02. The fourth-order valence-corrected chi connectivity index (χ4v) is 3.37. The minimum Gasteiger partial charge on any atom is -0.403 e. The monoisotopic (exact) mass is 440 g/mol. The van der Waals surface area contributed by atoms with Crippen LogP contribution in [0.4, 0.5) is 13.2 Å². The summed E-state index contributed by atoms with van der Waals surface area (Å²) in [6.45, 7) is 1.63. The minimum absolute atomic E-state index is 0.0361. The summed E-state index contributed by atoms with van der Waals surface area (Å²) in [5.41, 5.74) is -1.92. The zero-order chi connectivity index (χ0) is 20.9. The Labute approximate surface area is 170 Å². The lowest BCUT2D eigenvalue weighted by Gasteiger charge is -2.12. The second-order valence-electron chi connectivity index (χ2n) is 6.05. The first-order valence-corrected chi connectivity index (χ1v) is 8.80. The van der Waals surface area contributed by atoms with Gasteiger partial charge in [0.15, 0.2) is 11.5 Å². The average Bonchev–Trinajstić information content (AvgIpc) is 3.08. The Bertz CT molecular complexity index is 1310. The third-order valence-corrected chi connectivity index (χ3v) is 4.61. The molecule has 0 saturated heterocycles. The fraction of sp³-hybridized carbons (Fsp3) is 0.111. The van der Waals surface area contributed by atoms with Crippen molar-refractivity contribution in [2.75, 3.05) is 0 Å². The van der Waals surface area contributed by atoms with E-state index in [4.69, 9.17) is 27.6 Å². The van der Waals surface area contributed by atoms with Crippen LogP contribution < -0.4 is 5.63 Å². The number of fused-ring (bicyclic) bond motifs is 1. The molecule has 0 aliphatic rings. The van der Waals surface area contributed by atoms with E-state index in [0.29, 0.717) is 10.2 Å². The SMILES string of the molecule is Cc1cc(Cl)cc2c(=O)oc(-c3cnn(-c4ncccc4Cl)c3C(F)(F)F)nc12. The maximum Gasteiger partial charge on any atom is 0.434 e. The van der Waals surface area contributed by atoms with Crippen LogP contribution in [0.2, 0.25) is 10.0 Å². The van der Waals surface area contributed by atoms with Crippen LogP contribution >= 0.6 is 23.2 Å². The predicted octanol–water partition coefficient (Wildman–Crippen LogP) is 5.07. The van der Waals surface area contributed by atoms with E-state index >= 15 is 0 Å². The highest BCUT2D eigenvalue weighted by molar-refractivity contribution is 6.32. The van der Waals surface area contributed by atoms with Crippen LogP contribution in [0, 0.1) is 6.92 Å². The van der Waals surface area contributed by atoms with E-state index in [0.717, 1.165) is 6.20 Å². The molecular formula is C18H9Cl2F3N4O2. The molecule has 0 aliphatic carbocycles. The van der Waals surface area contributed by atoms with Gasteiger partial charge in [0.25, 0.3) is 0 Å². The van der Waals surface area contributed by atoms with E-state index in [1.165, 1.54) is 24.4 Å². The number of hydrogen-bond donors (Lipinski definition) is 0. The first-order valence-electron chi connectivity index (χ1n) is 8.04. The standard InChI is InChI=1S/C18H9Cl2F3N4O2/c1-8-5-9(19)6-10-13(8)26-16(29-17(10)28)11-7-25-27(14(11)18(21,22)23)15-12(20)3-2-4-24-15/h2-7H,1H3. The number of alkyl halides is 3. The smallest absolute Gasteiger partial charge is 0.403 e. The molecule has 0 saturated carbocycles. The van der Waals surface area contributed by atoms with Crippen LogP contribution in [-0.4, -0.2) is 19.7 Å². The van der Waals surface area contributed by atoms with Gasteiger partial charge in [-0.15, -0.1) is 0 Å². The van der Waals surface area contributed by atoms with E-state index in [-0.39, 0.29) is 26.8 Å². The molecule has 0 N–H and O–H groups in total. The summed E-state index contributed by atoms with van der Waals surface area (Å²) in [6.07, 6.45) is -2.68. The molecule has 0 radical (unpaired) electrons. The van der Waals surface area contributed by atoms with Crippen molar-refractivity contribution in [1.82, 2.24) is 19.7 Å². The maximum absolute atomic E-state index is 13.9. The lowest BCUT2D eigenvalue weighted by atomic mass is 10.1. The van der Waals surface area contributed by atoms with Crippen molar-refractivity contribution in [2.45, 2.75) is 13.1 Å². The van der Waals surface area contributed by atoms with Gasteiger partial charge in [0.2, 0.25) is 5.89 Å². The summed E-state index contributed by atoms with van der Waals surface area (Å²) in [7, 11) is 0. The normalized spacial score (nSPS) is 11.9. The number of rotatable bonds is 2. The second-order valence-corrected chi connectivity index (χ2v) is 6.89. The molecule has 3 heterocycles. The highest BCUT2D eigenvalue weighted by atomic mass is 35.5. The largest absolute Gasteiger partial charge is 0.434 e. The van der Waals surface area contributed by atoms with Gasteiger partial charge < -0.3 is 4.42 Å². The summed E-state index contributed by atoms with van der Waals surface area (Å²) < 4.78 is 47.3. The van der Waals surface area contributed by atoms with Crippen molar-refractivity contribution in [1.29, 1.82) is 0 Å². The third kappa shape index (κ3) is 3.36. The van der Waals surface area contributed by atoms with Crippen molar-refractivity contribution in [3.05, 3.63) is 68.4 Å². The van der Waals surface area contributed by atoms with Crippen LogP contribution in [0.5, 0.6) is 0 Å². The Morgan fingerprint density at radius 1 is 1.21 bits per heavy atom. The van der Waals surface area contributed by atoms with Crippen molar-refractivity contribution < 1.29 is 17.6 Å². The molecule has 0 aliphatic heterocycles. The van der Waals surface area contributed by atoms with Crippen molar-refractivity contribution in [3.63, 3.8) is 0 Å². The van der Waals surface area contributed by atoms with Gasteiger partial charge in [0.1, 0.15) is 0 Å². The van der Waals surface area contributed by atoms with Crippen molar-refractivity contribution in [3.8, 4) is 17.3 Å². The Morgan fingerprint density at radius 3 is 2.66 bits per heavy atom. The Hall–Kier alpha value is -2.91. The fourth-order valence-electron chi connectivity index (χ4n) is 2.89. The Morgan fingerprint density at radius 2 is 1.97 bits per heavy atom. The highest BCUT2D eigenvalue weighted by Gasteiger charge is 2.41. The predicted molar refractivity (Wildman–Crippen MR) is 100 cm³/mol. The molecule has 148 valence electrons. The first-order chi connectivity index (χ1) is 13.7. The van der Waals surface area contributed by atoms with Gasteiger partial charge in [-0.05, 0) is 36.8 Å².